The van der Waals surface area contributed by atoms with Crippen molar-refractivity contribution in [2.45, 2.75) is 79.1 Å². The second-order valence-corrected chi connectivity index (χ2v) is 14.8. The van der Waals surface area contributed by atoms with Gasteiger partial charge < -0.3 is 9.80 Å². The minimum absolute atomic E-state index is 0.0684. The third-order valence-corrected chi connectivity index (χ3v) is 10.2. The fraction of sp³-hybridized carbons (Fsp3) is 0.317. The van der Waals surface area contributed by atoms with Crippen molar-refractivity contribution in [1.29, 1.82) is 0 Å². The van der Waals surface area contributed by atoms with Gasteiger partial charge in [-0.2, -0.15) is 0 Å². The summed E-state index contributed by atoms with van der Waals surface area (Å²) in [5.74, 6) is 0. The molecular weight excluding hydrogens is 520 g/mol. The van der Waals surface area contributed by atoms with E-state index in [0.717, 1.165) is 12.8 Å². The van der Waals surface area contributed by atoms with E-state index in [0.29, 0.717) is 0 Å². The Morgan fingerprint density at radius 3 is 1.88 bits per heavy atom. The van der Waals surface area contributed by atoms with Crippen LogP contribution in [0, 0.1) is 12.3 Å². The smallest absolute Gasteiger partial charge is 0.0543 e. The predicted molar refractivity (Wildman–Crippen MR) is 184 cm³/mol. The molecule has 0 fully saturated rings. The van der Waals surface area contributed by atoms with Crippen molar-refractivity contribution < 1.29 is 0 Å². The molecule has 2 nitrogen and oxygen atoms in total. The molecule has 0 saturated heterocycles. The maximum Gasteiger partial charge on any atom is 0.0543 e. The van der Waals surface area contributed by atoms with Crippen LogP contribution in [0.4, 0.5) is 28.4 Å². The molecule has 0 unspecified atom stereocenters. The van der Waals surface area contributed by atoms with Gasteiger partial charge in [-0.15, -0.1) is 0 Å². The van der Waals surface area contributed by atoms with Crippen LogP contribution >= 0.6 is 0 Å². The Balaban J connectivity index is 1.43. The van der Waals surface area contributed by atoms with Crippen LogP contribution in [0.25, 0.3) is 0 Å². The fourth-order valence-corrected chi connectivity index (χ4v) is 7.62. The summed E-state index contributed by atoms with van der Waals surface area (Å²) in [6, 6.07) is 32.1. The molecule has 43 heavy (non-hydrogen) atoms. The number of hydrogen-bond donors (Lipinski definition) is 0. The van der Waals surface area contributed by atoms with E-state index in [9.17, 15) is 0 Å². The molecule has 4 aromatic rings. The molecule has 4 aromatic carbocycles. The van der Waals surface area contributed by atoms with Crippen molar-refractivity contribution in [2.75, 3.05) is 9.80 Å². The van der Waals surface area contributed by atoms with Crippen LogP contribution < -0.4 is 9.80 Å². The van der Waals surface area contributed by atoms with Gasteiger partial charge in [-0.1, -0.05) is 114 Å². The Hall–Kier alpha value is -4.04. The molecule has 0 radical (unpaired) electrons. The van der Waals surface area contributed by atoms with E-state index in [1.807, 2.05) is 0 Å². The van der Waals surface area contributed by atoms with E-state index < -0.39 is 0 Å². The van der Waals surface area contributed by atoms with Gasteiger partial charge in [0.05, 0.1) is 17.1 Å². The molecule has 7 rings (SSSR count). The number of benzene rings is 4. The van der Waals surface area contributed by atoms with Crippen molar-refractivity contribution in [3.05, 3.63) is 136 Å². The average Bonchev–Trinajstić information content (AvgIpc) is 2.98. The zero-order valence-electron chi connectivity index (χ0n) is 27.0. The topological polar surface area (TPSA) is 6.48 Å². The highest BCUT2D eigenvalue weighted by Crippen LogP contribution is 2.60. The molecule has 2 aliphatic heterocycles. The standard InChI is InChI=1S/C41H44N2/c1-27-16-20-29(21-17-27)42(30-22-18-28(19-23-30)39(2,3)4)31-24-25-37-35(26-31)41(7,8)34-14-11-13-33-38(34)43(37)36-15-10-9-12-32(36)40(33,5)6/h9-18,20-22,24-26H,19,23H2,1-8H3. The van der Waals surface area contributed by atoms with Crippen molar-refractivity contribution >= 4 is 28.4 Å². The minimum atomic E-state index is -0.158. The van der Waals surface area contributed by atoms with E-state index in [2.05, 4.69) is 162 Å². The van der Waals surface area contributed by atoms with E-state index >= 15 is 0 Å². The van der Waals surface area contributed by atoms with Gasteiger partial charge in [-0.3, -0.25) is 0 Å². The maximum atomic E-state index is 2.55. The number of rotatable bonds is 3. The lowest BCUT2D eigenvalue weighted by molar-refractivity contribution is 0.479. The van der Waals surface area contributed by atoms with Crippen LogP contribution in [-0.2, 0) is 10.8 Å². The van der Waals surface area contributed by atoms with Crippen molar-refractivity contribution in [3.63, 3.8) is 0 Å². The molecular formula is C41H44N2. The van der Waals surface area contributed by atoms with Crippen LogP contribution in [0.15, 0.2) is 108 Å². The molecule has 0 atom stereocenters. The van der Waals surface area contributed by atoms with E-state index in [1.165, 1.54) is 67.5 Å². The highest BCUT2D eigenvalue weighted by molar-refractivity contribution is 5.93. The molecule has 0 aromatic heterocycles. The van der Waals surface area contributed by atoms with Crippen LogP contribution in [0.3, 0.4) is 0 Å². The highest BCUT2D eigenvalue weighted by Gasteiger charge is 2.45. The number of fused-ring (bicyclic) bond motifs is 4. The Bertz CT molecular complexity index is 1810. The Labute approximate surface area is 258 Å². The van der Waals surface area contributed by atoms with Gasteiger partial charge in [0.1, 0.15) is 0 Å². The predicted octanol–water partition coefficient (Wildman–Crippen LogP) is 11.5. The second kappa shape index (κ2) is 9.48. The minimum Gasteiger partial charge on any atom is -0.314 e. The van der Waals surface area contributed by atoms with Crippen molar-refractivity contribution in [3.8, 4) is 0 Å². The summed E-state index contributed by atoms with van der Waals surface area (Å²) in [4.78, 5) is 5.04. The lowest BCUT2D eigenvalue weighted by Crippen LogP contribution is -2.38. The van der Waals surface area contributed by atoms with Gasteiger partial charge in [0.25, 0.3) is 0 Å². The normalized spacial score (nSPS) is 17.7. The van der Waals surface area contributed by atoms with Crippen molar-refractivity contribution in [1.82, 2.24) is 0 Å². The van der Waals surface area contributed by atoms with Gasteiger partial charge in [-0.25, -0.2) is 0 Å². The van der Waals surface area contributed by atoms with E-state index in [-0.39, 0.29) is 16.2 Å². The molecule has 0 saturated carbocycles. The number of anilines is 5. The van der Waals surface area contributed by atoms with Gasteiger partial charge in [-0.05, 0) is 89.9 Å². The van der Waals surface area contributed by atoms with Crippen LogP contribution in [0.1, 0.15) is 89.1 Å². The first-order valence-corrected chi connectivity index (χ1v) is 15.8. The zero-order chi connectivity index (χ0) is 30.3. The van der Waals surface area contributed by atoms with Crippen LogP contribution in [-0.4, -0.2) is 0 Å². The van der Waals surface area contributed by atoms with Gasteiger partial charge >= 0.3 is 0 Å². The molecule has 0 spiro atoms. The lowest BCUT2D eigenvalue weighted by atomic mass is 9.66. The first-order chi connectivity index (χ1) is 20.4. The quantitative estimate of drug-likeness (QED) is 0.244. The van der Waals surface area contributed by atoms with Gasteiger partial charge in [0.15, 0.2) is 0 Å². The Morgan fingerprint density at radius 2 is 1.23 bits per heavy atom. The van der Waals surface area contributed by atoms with E-state index in [1.54, 1.807) is 0 Å². The number of aryl methyl sites for hydroxylation is 1. The number of nitrogens with zero attached hydrogens (tertiary/aromatic N) is 2. The summed E-state index contributed by atoms with van der Waals surface area (Å²) in [6.07, 6.45) is 6.84. The monoisotopic (exact) mass is 564 g/mol. The molecule has 0 amide bonds. The SMILES string of the molecule is Cc1ccc(N(C2=CC=C(C(C)(C)C)CC2)c2ccc3c(c2)C(C)(C)c2cccc4c2N3c2ccccc2C4(C)C)cc1. The largest absolute Gasteiger partial charge is 0.314 e. The highest BCUT2D eigenvalue weighted by atomic mass is 15.2. The van der Waals surface area contributed by atoms with Crippen molar-refractivity contribution in [2.24, 2.45) is 5.41 Å². The summed E-state index contributed by atoms with van der Waals surface area (Å²) in [5.41, 5.74) is 16.0. The Kier molecular flexibility index (Phi) is 6.12. The summed E-state index contributed by atoms with van der Waals surface area (Å²) in [6.45, 7) is 18.7. The average molecular weight is 565 g/mol. The molecule has 3 aliphatic rings. The third kappa shape index (κ3) is 4.21. The first kappa shape index (κ1) is 27.8. The number of hydrogen-bond acceptors (Lipinski definition) is 2. The lowest BCUT2D eigenvalue weighted by Gasteiger charge is -2.49. The summed E-state index contributed by atoms with van der Waals surface area (Å²) < 4.78 is 0. The maximum absolute atomic E-state index is 2.55. The molecule has 2 heteroatoms. The van der Waals surface area contributed by atoms with Gasteiger partial charge in [0, 0.05) is 27.9 Å². The van der Waals surface area contributed by atoms with Crippen LogP contribution in [0.2, 0.25) is 0 Å². The van der Waals surface area contributed by atoms with Crippen LogP contribution in [0.5, 0.6) is 0 Å². The van der Waals surface area contributed by atoms with Gasteiger partial charge in [0.2, 0.25) is 0 Å². The van der Waals surface area contributed by atoms with E-state index in [4.69, 9.17) is 0 Å². The molecule has 0 N–H and O–H groups in total. The Morgan fingerprint density at radius 1 is 0.628 bits per heavy atom. The number of allylic oxidation sites excluding steroid dienone is 4. The second-order valence-electron chi connectivity index (χ2n) is 14.8. The molecule has 2 heterocycles. The summed E-state index contributed by atoms with van der Waals surface area (Å²) in [7, 11) is 0. The number of para-hydroxylation sites is 2. The summed E-state index contributed by atoms with van der Waals surface area (Å²) in [5, 5.41) is 0. The fourth-order valence-electron chi connectivity index (χ4n) is 7.62. The molecule has 218 valence electrons. The zero-order valence-corrected chi connectivity index (χ0v) is 27.0. The summed E-state index contributed by atoms with van der Waals surface area (Å²) >= 11 is 0. The first-order valence-electron chi connectivity index (χ1n) is 15.8. The molecule has 1 aliphatic carbocycles. The molecule has 0 bridgehead atoms. The third-order valence-electron chi connectivity index (χ3n) is 10.2.